The lowest BCUT2D eigenvalue weighted by molar-refractivity contribution is -0.138. The van der Waals surface area contributed by atoms with Gasteiger partial charge in [-0.1, -0.05) is 60.3 Å². The van der Waals surface area contributed by atoms with E-state index < -0.39 is 51.7 Å². The molecule has 1 saturated carbocycles. The minimum Gasteiger partial charge on any atom is -0.444 e. The van der Waals surface area contributed by atoms with E-state index in [4.69, 9.17) is 32.8 Å². The molecule has 1 aliphatic heterocycles. The molecule has 1 aliphatic carbocycles. The van der Waals surface area contributed by atoms with Crippen LogP contribution in [0, 0.1) is 0 Å². The topological polar surface area (TPSA) is 156 Å². The van der Waals surface area contributed by atoms with E-state index >= 15 is 0 Å². The normalized spacial score (nSPS) is 21.1. The summed E-state index contributed by atoms with van der Waals surface area (Å²) in [7, 11) is -3.62. The lowest BCUT2D eigenvalue weighted by Gasteiger charge is -2.49. The quantitative estimate of drug-likeness (QED) is 0.222. The van der Waals surface area contributed by atoms with E-state index in [0.717, 1.165) is 19.1 Å². The van der Waals surface area contributed by atoms with Gasteiger partial charge in [0.25, 0.3) is 11.8 Å². The van der Waals surface area contributed by atoms with Crippen LogP contribution in [0.1, 0.15) is 85.6 Å². The molecule has 2 aromatic carbocycles. The number of nitrogens with one attached hydrogen (secondary N) is 3. The first-order valence-electron chi connectivity index (χ1n) is 15.8. The number of hydrogen-bond donors (Lipinski definition) is 3. The van der Waals surface area contributed by atoms with Gasteiger partial charge in [0.2, 0.25) is 10.0 Å². The second-order valence-electron chi connectivity index (χ2n) is 13.2. The molecule has 12 nitrogen and oxygen atoms in total. The first kappa shape index (κ1) is 36.5. The Kier molecular flexibility index (Phi) is 11.2. The number of carbonyl (C=O) groups excluding carboxylic acids is 3. The third-order valence-electron chi connectivity index (χ3n) is 8.25. The molecule has 3 amide bonds. The number of rotatable bonds is 9. The lowest BCUT2D eigenvalue weighted by Crippen LogP contribution is -2.59. The van der Waals surface area contributed by atoms with Crippen LogP contribution in [0.4, 0.5) is 10.5 Å². The zero-order valence-corrected chi connectivity index (χ0v) is 29.9. The van der Waals surface area contributed by atoms with E-state index in [1.165, 1.54) is 6.20 Å². The van der Waals surface area contributed by atoms with Crippen LogP contribution in [-0.2, 0) is 31.0 Å². The number of hydroxylamine groups is 1. The SMILES string of the molecule is CC(C)(C)OC(=O)Nc1ccc(CONC(=O)[C@@H]2c3ccccc3C(=O)N([C@H]3CCCC[C@@H]3NS(C)(=O)=O)[C@H]2c2ccc(Cl)cc2Cl)nc1. The number of aromatic nitrogens is 1. The van der Waals surface area contributed by atoms with Gasteiger partial charge in [0.05, 0.1) is 35.8 Å². The average Bonchev–Trinajstić information content (AvgIpc) is 3.01. The number of sulfonamides is 1. The Balaban J connectivity index is 1.44. The Hall–Kier alpha value is -3.75. The number of pyridine rings is 1. The monoisotopic (exact) mass is 731 g/mol. The number of anilines is 1. The van der Waals surface area contributed by atoms with E-state index in [2.05, 4.69) is 20.5 Å². The molecule has 49 heavy (non-hydrogen) atoms. The molecule has 2 heterocycles. The van der Waals surface area contributed by atoms with Gasteiger partial charge in [0, 0.05) is 27.7 Å². The Morgan fingerprint density at radius 1 is 1.02 bits per heavy atom. The van der Waals surface area contributed by atoms with Gasteiger partial charge in [0.1, 0.15) is 12.2 Å². The fraction of sp³-hybridized carbons (Fsp3) is 0.412. The zero-order valence-electron chi connectivity index (χ0n) is 27.5. The maximum Gasteiger partial charge on any atom is 0.412 e. The van der Waals surface area contributed by atoms with Gasteiger partial charge >= 0.3 is 6.09 Å². The van der Waals surface area contributed by atoms with E-state index in [0.29, 0.717) is 45.9 Å². The first-order chi connectivity index (χ1) is 23.1. The molecule has 3 N–H and O–H groups in total. The van der Waals surface area contributed by atoms with Crippen LogP contribution >= 0.6 is 23.2 Å². The number of hydrogen-bond acceptors (Lipinski definition) is 8. The fourth-order valence-corrected chi connectivity index (χ4v) is 7.72. The molecule has 262 valence electrons. The van der Waals surface area contributed by atoms with Gasteiger partial charge < -0.3 is 9.64 Å². The summed E-state index contributed by atoms with van der Waals surface area (Å²) in [6.45, 7) is 5.17. The smallest absolute Gasteiger partial charge is 0.412 e. The summed E-state index contributed by atoms with van der Waals surface area (Å²) in [4.78, 5) is 52.2. The molecule has 4 atom stereocenters. The minimum atomic E-state index is -3.62. The predicted octanol–water partition coefficient (Wildman–Crippen LogP) is 6.12. The van der Waals surface area contributed by atoms with Gasteiger partial charge in [-0.2, -0.15) is 0 Å². The van der Waals surface area contributed by atoms with Gasteiger partial charge in [-0.25, -0.2) is 23.4 Å². The summed E-state index contributed by atoms with van der Waals surface area (Å²) >= 11 is 13.0. The number of amides is 3. The van der Waals surface area contributed by atoms with Crippen molar-refractivity contribution in [3.8, 4) is 0 Å². The summed E-state index contributed by atoms with van der Waals surface area (Å²) in [5, 5.41) is 3.23. The maximum atomic E-state index is 14.4. The Morgan fingerprint density at radius 2 is 1.76 bits per heavy atom. The van der Waals surface area contributed by atoms with Gasteiger partial charge in [-0.15, -0.1) is 0 Å². The third-order valence-corrected chi connectivity index (χ3v) is 9.55. The van der Waals surface area contributed by atoms with Crippen molar-refractivity contribution in [3.63, 3.8) is 0 Å². The maximum absolute atomic E-state index is 14.4. The molecular weight excluding hydrogens is 693 g/mol. The van der Waals surface area contributed by atoms with Crippen LogP contribution in [0.5, 0.6) is 0 Å². The van der Waals surface area contributed by atoms with Crippen molar-refractivity contribution < 1.29 is 32.4 Å². The molecule has 0 saturated heterocycles. The van der Waals surface area contributed by atoms with Crippen molar-refractivity contribution in [2.45, 2.75) is 82.7 Å². The highest BCUT2D eigenvalue weighted by atomic mass is 35.5. The summed E-state index contributed by atoms with van der Waals surface area (Å²) in [6.07, 6.45) is 4.48. The average molecular weight is 733 g/mol. The van der Waals surface area contributed by atoms with Crippen molar-refractivity contribution in [2.75, 3.05) is 11.6 Å². The van der Waals surface area contributed by atoms with Gasteiger partial charge in [0.15, 0.2) is 0 Å². The molecule has 15 heteroatoms. The molecule has 0 spiro atoms. The molecule has 1 fully saturated rings. The molecule has 0 unspecified atom stereocenters. The summed E-state index contributed by atoms with van der Waals surface area (Å²) in [5.41, 5.74) is 4.04. The Bertz CT molecular complexity index is 1820. The van der Waals surface area contributed by atoms with Crippen molar-refractivity contribution >= 4 is 56.8 Å². The third kappa shape index (κ3) is 9.08. The molecule has 0 radical (unpaired) electrons. The minimum absolute atomic E-state index is 0.106. The first-order valence-corrected chi connectivity index (χ1v) is 18.5. The summed E-state index contributed by atoms with van der Waals surface area (Å²) < 4.78 is 32.8. The van der Waals surface area contributed by atoms with Crippen molar-refractivity contribution in [1.82, 2.24) is 20.1 Å². The molecule has 0 bridgehead atoms. The van der Waals surface area contributed by atoms with E-state index in [9.17, 15) is 22.8 Å². The van der Waals surface area contributed by atoms with E-state index in [-0.39, 0.29) is 17.5 Å². The van der Waals surface area contributed by atoms with Crippen molar-refractivity contribution in [2.24, 2.45) is 0 Å². The largest absolute Gasteiger partial charge is 0.444 e. The number of fused-ring (bicyclic) bond motifs is 1. The van der Waals surface area contributed by atoms with Crippen molar-refractivity contribution in [1.29, 1.82) is 0 Å². The highest BCUT2D eigenvalue weighted by Crippen LogP contribution is 2.47. The van der Waals surface area contributed by atoms with Gasteiger partial charge in [-0.3, -0.25) is 24.7 Å². The second kappa shape index (κ2) is 15.0. The van der Waals surface area contributed by atoms with E-state index in [1.54, 1.807) is 80.3 Å². The molecule has 5 rings (SSSR count). The van der Waals surface area contributed by atoms with Gasteiger partial charge in [-0.05, 0) is 75.1 Å². The van der Waals surface area contributed by atoms with Crippen LogP contribution in [0.2, 0.25) is 10.0 Å². The molecule has 3 aromatic rings. The molecule has 1 aromatic heterocycles. The number of benzene rings is 2. The van der Waals surface area contributed by atoms with E-state index in [1.807, 2.05) is 0 Å². The van der Waals surface area contributed by atoms with Crippen LogP contribution in [0.3, 0.4) is 0 Å². The predicted molar refractivity (Wildman–Crippen MR) is 186 cm³/mol. The van der Waals surface area contributed by atoms with Crippen LogP contribution < -0.4 is 15.5 Å². The number of nitrogens with zero attached hydrogens (tertiary/aromatic N) is 2. The van der Waals surface area contributed by atoms with Crippen LogP contribution in [-0.4, -0.2) is 60.1 Å². The Labute approximate surface area is 295 Å². The lowest BCUT2D eigenvalue weighted by atomic mass is 9.76. The summed E-state index contributed by atoms with van der Waals surface area (Å²) in [6, 6.07) is 12.9. The second-order valence-corrected chi connectivity index (χ2v) is 15.8. The highest BCUT2D eigenvalue weighted by Gasteiger charge is 2.49. The number of halogens is 2. The number of ether oxygens (including phenoxy) is 1. The fourth-order valence-electron chi connectivity index (χ4n) is 6.38. The van der Waals surface area contributed by atoms with Crippen LogP contribution in [0.25, 0.3) is 0 Å². The number of carbonyl (C=O) groups is 3. The van der Waals surface area contributed by atoms with Crippen molar-refractivity contribution in [3.05, 3.63) is 93.2 Å². The molecule has 2 aliphatic rings. The summed E-state index contributed by atoms with van der Waals surface area (Å²) in [5.74, 6) is -1.89. The van der Waals surface area contributed by atoms with Crippen LogP contribution in [0.15, 0.2) is 60.8 Å². The Morgan fingerprint density at radius 3 is 2.43 bits per heavy atom. The zero-order chi connectivity index (χ0) is 35.5. The highest BCUT2D eigenvalue weighted by molar-refractivity contribution is 7.88. The molecular formula is C34H39Cl2N5O7S. The standard InChI is InChI=1S/C34H39Cl2N5O7S/c1-34(2,3)48-33(44)38-21-14-15-22(37-18-21)19-47-39-31(42)29-23-9-5-6-10-24(23)32(43)41(30(29)25-16-13-20(35)17-26(25)36)28-12-8-7-11-27(28)40-49(4,45)46/h5-6,9-10,13-18,27-30,40H,7-8,11-12,19H2,1-4H3,(H,38,44)(H,39,42)/t27-,28-,29+,30-/m0/s1.